The van der Waals surface area contributed by atoms with Crippen LogP contribution in [0.3, 0.4) is 0 Å². The third kappa shape index (κ3) is 1.03. The molecule has 0 N–H and O–H groups in total. The van der Waals surface area contributed by atoms with Crippen molar-refractivity contribution in [3.05, 3.63) is 0 Å². The van der Waals surface area contributed by atoms with Crippen LogP contribution in [0.5, 0.6) is 0 Å². The van der Waals surface area contributed by atoms with Crippen molar-refractivity contribution in [1.82, 2.24) is 0 Å². The number of hydrogen-bond donors (Lipinski definition) is 0. The van der Waals surface area contributed by atoms with Crippen LogP contribution in [0.4, 0.5) is 0 Å². The number of carbonyl (C=O) groups excluding carboxylic acids is 1. The Balaban J connectivity index is 2.17. The molecule has 0 aromatic carbocycles. The van der Waals surface area contributed by atoms with Crippen LogP contribution in [0.15, 0.2) is 0 Å². The smallest absolute Gasteiger partial charge is 0.123 e. The van der Waals surface area contributed by atoms with Gasteiger partial charge in [-0.05, 0) is 12.3 Å². The first-order valence-corrected chi connectivity index (χ1v) is 3.52. The lowest BCUT2D eigenvalue weighted by atomic mass is 10.4. The molecule has 1 aliphatic rings. The number of rotatable bonds is 2. The summed E-state index contributed by atoms with van der Waals surface area (Å²) in [6.45, 7) is 0. The van der Waals surface area contributed by atoms with Gasteiger partial charge in [-0.25, -0.2) is 0 Å². The summed E-state index contributed by atoms with van der Waals surface area (Å²) < 4.78 is 0. The summed E-state index contributed by atoms with van der Waals surface area (Å²) in [5, 5.41) is 0.996. The fraction of sp³-hybridized carbons (Fsp3) is 0.800. The van der Waals surface area contributed by atoms with Gasteiger partial charge in [-0.2, -0.15) is 0 Å². The lowest BCUT2D eigenvalue weighted by molar-refractivity contribution is -0.109. The first-order chi connectivity index (χ1) is 3.38. The van der Waals surface area contributed by atoms with E-state index in [-0.39, 0.29) is 0 Å². The maximum Gasteiger partial charge on any atom is 0.123 e. The Bertz CT molecular complexity index is 82.1. The van der Waals surface area contributed by atoms with E-state index in [2.05, 4.69) is 15.9 Å². The first kappa shape index (κ1) is 5.29. The van der Waals surface area contributed by atoms with Gasteiger partial charge < -0.3 is 4.79 Å². The highest BCUT2D eigenvalue weighted by atomic mass is 79.9. The van der Waals surface area contributed by atoms with Crippen molar-refractivity contribution in [2.45, 2.75) is 6.42 Å². The second kappa shape index (κ2) is 1.95. The van der Waals surface area contributed by atoms with Crippen LogP contribution in [0.2, 0.25) is 0 Å². The van der Waals surface area contributed by atoms with Crippen LogP contribution in [0.1, 0.15) is 6.42 Å². The van der Waals surface area contributed by atoms with Gasteiger partial charge in [0.05, 0.1) is 0 Å². The van der Waals surface area contributed by atoms with Crippen LogP contribution in [-0.2, 0) is 4.79 Å². The molecule has 1 aliphatic carbocycles. The summed E-state index contributed by atoms with van der Waals surface area (Å²) in [7, 11) is 0. The Morgan fingerprint density at radius 2 is 2.57 bits per heavy atom. The van der Waals surface area contributed by atoms with E-state index in [1.807, 2.05) is 0 Å². The summed E-state index contributed by atoms with van der Waals surface area (Å²) in [5.41, 5.74) is 0. The minimum atomic E-state index is 0.388. The molecule has 0 amide bonds. The number of halogens is 1. The molecule has 1 saturated carbocycles. The third-order valence-corrected chi connectivity index (χ3v) is 2.18. The molecular weight excluding hydrogens is 156 g/mol. The zero-order chi connectivity index (χ0) is 5.28. The molecule has 0 aliphatic heterocycles. The van der Waals surface area contributed by atoms with Crippen molar-refractivity contribution < 1.29 is 4.79 Å². The molecule has 0 aromatic heterocycles. The van der Waals surface area contributed by atoms with Crippen molar-refractivity contribution in [1.29, 1.82) is 0 Å². The topological polar surface area (TPSA) is 17.1 Å². The van der Waals surface area contributed by atoms with E-state index >= 15 is 0 Å². The number of aldehydes is 1. The highest BCUT2D eigenvalue weighted by Crippen LogP contribution is 2.37. The summed E-state index contributed by atoms with van der Waals surface area (Å²) in [4.78, 5) is 9.92. The van der Waals surface area contributed by atoms with Crippen LogP contribution in [0, 0.1) is 11.8 Å². The second-order valence-corrected chi connectivity index (χ2v) is 2.60. The van der Waals surface area contributed by atoms with Crippen molar-refractivity contribution >= 4 is 22.2 Å². The zero-order valence-electron chi connectivity index (χ0n) is 3.93. The van der Waals surface area contributed by atoms with Crippen molar-refractivity contribution in [2.24, 2.45) is 11.8 Å². The molecular formula is C5H7BrO. The van der Waals surface area contributed by atoms with Gasteiger partial charge in [0.15, 0.2) is 0 Å². The molecule has 0 aromatic rings. The van der Waals surface area contributed by atoms with Gasteiger partial charge in [-0.15, -0.1) is 0 Å². The predicted molar refractivity (Wildman–Crippen MR) is 31.5 cm³/mol. The van der Waals surface area contributed by atoms with Crippen molar-refractivity contribution in [3.63, 3.8) is 0 Å². The SMILES string of the molecule is O=CC1CC1CBr. The van der Waals surface area contributed by atoms with Gasteiger partial charge in [0, 0.05) is 11.2 Å². The van der Waals surface area contributed by atoms with Gasteiger partial charge >= 0.3 is 0 Å². The summed E-state index contributed by atoms with van der Waals surface area (Å²) in [6.07, 6.45) is 2.15. The number of carbonyl (C=O) groups is 1. The lowest BCUT2D eigenvalue weighted by Crippen LogP contribution is -1.81. The van der Waals surface area contributed by atoms with Gasteiger partial charge in [-0.1, -0.05) is 15.9 Å². The van der Waals surface area contributed by atoms with Crippen LogP contribution in [-0.4, -0.2) is 11.6 Å². The molecule has 1 rings (SSSR count). The van der Waals surface area contributed by atoms with E-state index < -0.39 is 0 Å². The van der Waals surface area contributed by atoms with E-state index in [1.165, 1.54) is 0 Å². The fourth-order valence-corrected chi connectivity index (χ4v) is 1.36. The molecule has 40 valence electrons. The Kier molecular flexibility index (Phi) is 1.47. The largest absolute Gasteiger partial charge is 0.303 e. The van der Waals surface area contributed by atoms with E-state index in [1.54, 1.807) is 0 Å². The van der Waals surface area contributed by atoms with Gasteiger partial charge in [0.25, 0.3) is 0 Å². The highest BCUT2D eigenvalue weighted by molar-refractivity contribution is 9.09. The summed E-state index contributed by atoms with van der Waals surface area (Å²) >= 11 is 3.30. The predicted octanol–water partition coefficient (Wildman–Crippen LogP) is 1.22. The highest BCUT2D eigenvalue weighted by Gasteiger charge is 2.35. The molecule has 0 saturated heterocycles. The molecule has 2 atom stereocenters. The molecule has 7 heavy (non-hydrogen) atoms. The minimum absolute atomic E-state index is 0.388. The molecule has 1 fully saturated rings. The van der Waals surface area contributed by atoms with E-state index in [4.69, 9.17) is 0 Å². The molecule has 0 heterocycles. The molecule has 0 radical (unpaired) electrons. The maximum atomic E-state index is 9.92. The normalized spacial score (nSPS) is 37.9. The van der Waals surface area contributed by atoms with Gasteiger partial charge in [-0.3, -0.25) is 0 Å². The zero-order valence-corrected chi connectivity index (χ0v) is 5.52. The molecule has 1 nitrogen and oxygen atoms in total. The van der Waals surface area contributed by atoms with Crippen molar-refractivity contribution in [2.75, 3.05) is 5.33 Å². The second-order valence-electron chi connectivity index (χ2n) is 1.95. The molecule has 0 spiro atoms. The lowest BCUT2D eigenvalue weighted by Gasteiger charge is -1.77. The summed E-state index contributed by atoms with van der Waals surface area (Å²) in [5.74, 6) is 1.05. The fourth-order valence-electron chi connectivity index (χ4n) is 0.615. The van der Waals surface area contributed by atoms with Gasteiger partial charge in [0.2, 0.25) is 0 Å². The maximum absolute atomic E-state index is 9.92. The third-order valence-electron chi connectivity index (χ3n) is 1.35. The number of hydrogen-bond acceptors (Lipinski definition) is 1. The van der Waals surface area contributed by atoms with Crippen LogP contribution >= 0.6 is 15.9 Å². The summed E-state index contributed by atoms with van der Waals surface area (Å²) in [6, 6.07) is 0. The Morgan fingerprint density at radius 1 is 1.86 bits per heavy atom. The van der Waals surface area contributed by atoms with E-state index in [0.717, 1.165) is 18.0 Å². The van der Waals surface area contributed by atoms with E-state index in [9.17, 15) is 4.79 Å². The van der Waals surface area contributed by atoms with Crippen LogP contribution < -0.4 is 0 Å². The molecule has 0 bridgehead atoms. The Hall–Kier alpha value is 0.150. The van der Waals surface area contributed by atoms with Gasteiger partial charge in [0.1, 0.15) is 6.29 Å². The average Bonchev–Trinajstić information content (AvgIpc) is 2.43. The number of alkyl halides is 1. The standard InChI is InChI=1S/C5H7BrO/c6-2-4-1-5(4)3-7/h3-5H,1-2H2. The Labute approximate surface area is 51.2 Å². The van der Waals surface area contributed by atoms with Crippen LogP contribution in [0.25, 0.3) is 0 Å². The monoisotopic (exact) mass is 162 g/mol. The van der Waals surface area contributed by atoms with E-state index in [0.29, 0.717) is 11.8 Å². The molecule has 2 heteroatoms. The Morgan fingerprint density at radius 3 is 2.71 bits per heavy atom. The molecule has 2 unspecified atom stereocenters. The van der Waals surface area contributed by atoms with Crippen molar-refractivity contribution in [3.8, 4) is 0 Å². The first-order valence-electron chi connectivity index (χ1n) is 2.39. The minimum Gasteiger partial charge on any atom is -0.303 e. The quantitative estimate of drug-likeness (QED) is 0.441. The average molecular weight is 163 g/mol.